The van der Waals surface area contributed by atoms with E-state index >= 15 is 0 Å². The van der Waals surface area contributed by atoms with Gasteiger partial charge in [0.15, 0.2) is 0 Å². The molecule has 2 heterocycles. The summed E-state index contributed by atoms with van der Waals surface area (Å²) < 4.78 is 14.3. The second kappa shape index (κ2) is 11.7. The number of ether oxygens (including phenoxy) is 1. The first-order valence-electron chi connectivity index (χ1n) is 20.0. The molecule has 0 radical (unpaired) electrons. The summed E-state index contributed by atoms with van der Waals surface area (Å²) >= 11 is 0. The van der Waals surface area contributed by atoms with Crippen LogP contribution in [0.4, 0.5) is 11.4 Å². The Hall–Kier alpha value is -7.54. The first-order valence-corrected chi connectivity index (χ1v) is 20.0. The number of fused-ring (bicyclic) bond motifs is 8. The van der Waals surface area contributed by atoms with Crippen LogP contribution < -0.4 is 9.64 Å². The van der Waals surface area contributed by atoms with Crippen LogP contribution in [0.3, 0.4) is 0 Å². The molecule has 0 spiro atoms. The zero-order chi connectivity index (χ0) is 38.0. The number of hydrogen-bond acceptors (Lipinski definition) is 3. The summed E-state index contributed by atoms with van der Waals surface area (Å²) in [6.07, 6.45) is 4.72. The summed E-state index contributed by atoms with van der Waals surface area (Å²) in [5.41, 5.74) is 16.3. The van der Waals surface area contributed by atoms with Crippen molar-refractivity contribution in [3.05, 3.63) is 245 Å². The molecular formula is C55H33NO2. The first-order chi connectivity index (χ1) is 28.8. The lowest BCUT2D eigenvalue weighted by Crippen LogP contribution is -2.29. The smallest absolute Gasteiger partial charge is 0.143 e. The van der Waals surface area contributed by atoms with E-state index in [1.54, 1.807) is 0 Å². The highest BCUT2D eigenvalue weighted by molar-refractivity contribution is 6.15. The van der Waals surface area contributed by atoms with Crippen LogP contribution in [0, 0.1) is 12.1 Å². The van der Waals surface area contributed by atoms with Gasteiger partial charge in [-0.3, -0.25) is 0 Å². The van der Waals surface area contributed by atoms with Crippen molar-refractivity contribution in [1.29, 1.82) is 0 Å². The molecule has 0 fully saturated rings. The van der Waals surface area contributed by atoms with Crippen LogP contribution in [0.1, 0.15) is 45.2 Å². The van der Waals surface area contributed by atoms with Crippen molar-refractivity contribution in [1.82, 2.24) is 0 Å². The van der Waals surface area contributed by atoms with Gasteiger partial charge in [0.05, 0.1) is 17.0 Å². The maximum Gasteiger partial charge on any atom is 0.143 e. The average molecular weight is 740 g/mol. The molecule has 1 aliphatic heterocycles. The Balaban J connectivity index is 1.15. The zero-order valence-corrected chi connectivity index (χ0v) is 31.3. The lowest BCUT2D eigenvalue weighted by molar-refractivity contribution is 0.409. The molecule has 4 bridgehead atoms. The molecule has 3 atom stereocenters. The highest BCUT2D eigenvalue weighted by Crippen LogP contribution is 2.62. The van der Waals surface area contributed by atoms with Crippen LogP contribution in [0.5, 0.6) is 5.75 Å². The summed E-state index contributed by atoms with van der Waals surface area (Å²) in [6, 6.07) is 69.9. The van der Waals surface area contributed by atoms with Crippen molar-refractivity contribution in [2.24, 2.45) is 0 Å². The third-order valence-electron chi connectivity index (χ3n) is 13.0. The lowest BCUT2D eigenvalue weighted by atomic mass is 9.66. The van der Waals surface area contributed by atoms with Crippen molar-refractivity contribution in [2.75, 3.05) is 4.90 Å². The summed E-state index contributed by atoms with van der Waals surface area (Å²) in [5, 5.41) is 2.30. The van der Waals surface area contributed by atoms with Gasteiger partial charge in [-0.2, -0.15) is 0 Å². The third-order valence-corrected chi connectivity index (χ3v) is 13.0. The zero-order valence-electron chi connectivity index (χ0n) is 31.3. The summed E-state index contributed by atoms with van der Waals surface area (Å²) in [6.45, 7) is 0. The second-order valence-electron chi connectivity index (χ2n) is 15.8. The SMILES string of the molecule is c1ccc(C2(c3ccccc3)c3ccccc3-c3c2cc2c4c3oc3ccc(cc34)-c3ccc4c(c3)[C@@H]3C(=C(N(c5ccccc5)c5ccccc5)C=CC23)O4)cc#1. The van der Waals surface area contributed by atoms with Crippen molar-refractivity contribution in [3.63, 3.8) is 0 Å². The van der Waals surface area contributed by atoms with Gasteiger partial charge in [0, 0.05) is 39.2 Å². The standard InChI is InChI=1S/C55H33NO2/c1-5-15-36(16-6-1)55(37-17-7-2-8-18-37)45-24-14-13-23-41(45)52-46(55)33-42-40-27-28-47(56(38-19-9-3-10-20-38)39-21-11-4-12-22-39)53-50(40)43-31-34(25-29-48(43)57-53)35-26-30-49-44(32-35)51(42)54(52)58-49/h1,3-7,9-33,40,50H/t40?,50-,55?/m1/s1. The molecule has 8 aromatic carbocycles. The molecule has 0 saturated carbocycles. The molecule has 0 saturated heterocycles. The number of anilines is 2. The van der Waals surface area contributed by atoms with E-state index in [-0.39, 0.29) is 11.8 Å². The van der Waals surface area contributed by atoms with Gasteiger partial charge in [-0.05, 0) is 117 Å². The fraction of sp³-hybridized carbons (Fsp3) is 0.0545. The van der Waals surface area contributed by atoms with Crippen LogP contribution in [0.15, 0.2) is 204 Å². The predicted molar refractivity (Wildman–Crippen MR) is 231 cm³/mol. The Kier molecular flexibility index (Phi) is 6.41. The summed E-state index contributed by atoms with van der Waals surface area (Å²) in [7, 11) is 0. The van der Waals surface area contributed by atoms with E-state index in [1.807, 2.05) is 6.07 Å². The topological polar surface area (TPSA) is 25.6 Å². The number of allylic oxidation sites excluding steroid dienone is 3. The van der Waals surface area contributed by atoms with Gasteiger partial charge in [-0.25, -0.2) is 0 Å². The summed E-state index contributed by atoms with van der Waals surface area (Å²) in [5.74, 6) is 1.71. The Morgan fingerprint density at radius 3 is 2.10 bits per heavy atom. The predicted octanol–water partition coefficient (Wildman–Crippen LogP) is 13.4. The maximum atomic E-state index is 7.19. The minimum absolute atomic E-state index is 0.0631. The number of nitrogens with zero attached hydrogens (tertiary/aromatic N) is 1. The molecule has 2 unspecified atom stereocenters. The van der Waals surface area contributed by atoms with Gasteiger partial charge >= 0.3 is 0 Å². The molecule has 270 valence electrons. The molecule has 1 aromatic heterocycles. The van der Waals surface area contributed by atoms with E-state index in [1.165, 1.54) is 44.3 Å². The first kappa shape index (κ1) is 31.6. The Bertz CT molecular complexity index is 3120. The second-order valence-corrected chi connectivity index (χ2v) is 15.8. The van der Waals surface area contributed by atoms with Gasteiger partial charge in [-0.1, -0.05) is 127 Å². The fourth-order valence-electron chi connectivity index (χ4n) is 10.6. The third kappa shape index (κ3) is 4.14. The van der Waals surface area contributed by atoms with Crippen LogP contribution in [0.25, 0.3) is 44.2 Å². The van der Waals surface area contributed by atoms with Crippen molar-refractivity contribution >= 4 is 33.3 Å². The van der Waals surface area contributed by atoms with Crippen LogP contribution in [-0.2, 0) is 5.41 Å². The minimum atomic E-state index is -0.625. The molecule has 4 aliphatic rings. The van der Waals surface area contributed by atoms with E-state index < -0.39 is 5.41 Å². The number of hydrogen-bond donors (Lipinski definition) is 0. The minimum Gasteiger partial charge on any atom is -0.459 e. The molecule has 13 rings (SSSR count). The van der Waals surface area contributed by atoms with E-state index in [0.29, 0.717) is 0 Å². The van der Waals surface area contributed by atoms with Gasteiger partial charge < -0.3 is 14.1 Å². The Labute approximate surface area is 336 Å². The molecule has 3 heteroatoms. The Morgan fingerprint density at radius 1 is 0.603 bits per heavy atom. The van der Waals surface area contributed by atoms with E-state index in [4.69, 9.17) is 9.15 Å². The van der Waals surface area contributed by atoms with Gasteiger partial charge in [0.1, 0.15) is 22.7 Å². The number of para-hydroxylation sites is 2. The monoisotopic (exact) mass is 739 g/mol. The molecule has 0 N–H and O–H groups in total. The van der Waals surface area contributed by atoms with Gasteiger partial charge in [-0.15, -0.1) is 0 Å². The average Bonchev–Trinajstić information content (AvgIpc) is 3.96. The molecule has 58 heavy (non-hydrogen) atoms. The van der Waals surface area contributed by atoms with Gasteiger partial charge in [0.25, 0.3) is 0 Å². The molecule has 9 aromatic rings. The van der Waals surface area contributed by atoms with Crippen LogP contribution in [-0.4, -0.2) is 0 Å². The normalized spacial score (nSPS) is 17.3. The Morgan fingerprint density at radius 2 is 1.33 bits per heavy atom. The van der Waals surface area contributed by atoms with Gasteiger partial charge in [0.2, 0.25) is 0 Å². The van der Waals surface area contributed by atoms with Crippen LogP contribution in [0.2, 0.25) is 0 Å². The molecular weight excluding hydrogens is 707 g/mol. The molecule has 3 nitrogen and oxygen atoms in total. The number of rotatable bonds is 5. The molecule has 0 amide bonds. The largest absolute Gasteiger partial charge is 0.459 e. The number of benzene rings is 7. The summed E-state index contributed by atoms with van der Waals surface area (Å²) in [4.78, 5) is 2.34. The highest BCUT2D eigenvalue weighted by atomic mass is 16.5. The fourth-order valence-corrected chi connectivity index (χ4v) is 10.6. The van der Waals surface area contributed by atoms with Crippen molar-refractivity contribution in [3.8, 4) is 28.0 Å². The van der Waals surface area contributed by atoms with E-state index in [2.05, 4.69) is 199 Å². The quantitative estimate of drug-likeness (QED) is 0.176. The number of furan rings is 1. The highest BCUT2D eigenvalue weighted by Gasteiger charge is 2.50. The van der Waals surface area contributed by atoms with Crippen LogP contribution >= 0.6 is 0 Å². The maximum absolute atomic E-state index is 7.19. The molecule has 3 aliphatic carbocycles. The van der Waals surface area contributed by atoms with Crippen molar-refractivity contribution < 1.29 is 9.15 Å². The van der Waals surface area contributed by atoms with Crippen molar-refractivity contribution in [2.45, 2.75) is 17.3 Å². The van der Waals surface area contributed by atoms with E-state index in [9.17, 15) is 0 Å². The van der Waals surface area contributed by atoms with E-state index in [0.717, 1.165) is 61.8 Å². The lowest BCUT2D eigenvalue weighted by Gasteiger charge is -2.35.